The van der Waals surface area contributed by atoms with Gasteiger partial charge in [0, 0.05) is 0 Å². The van der Waals surface area contributed by atoms with Crippen LogP contribution in [0, 0.1) is 0 Å². The zero-order chi connectivity index (χ0) is 11.2. The number of rotatable bonds is 1. The minimum absolute atomic E-state index is 0.113. The molecule has 2 aliphatic heterocycles. The monoisotopic (exact) mass is 225 g/mol. The SMILES string of the molecule is CC1(OC(=O)N2C3CCCC2COC3)CC1. The first-order chi connectivity index (χ1) is 7.68. The van der Waals surface area contributed by atoms with Crippen LogP contribution in [0.3, 0.4) is 0 Å². The Morgan fingerprint density at radius 2 is 1.94 bits per heavy atom. The number of nitrogens with zero attached hydrogens (tertiary/aromatic N) is 1. The van der Waals surface area contributed by atoms with Crippen molar-refractivity contribution in [2.24, 2.45) is 0 Å². The first-order valence-electron chi connectivity index (χ1n) is 6.27. The third kappa shape index (κ3) is 1.79. The molecule has 0 aromatic carbocycles. The second-order valence-electron chi connectivity index (χ2n) is 5.50. The lowest BCUT2D eigenvalue weighted by molar-refractivity contribution is -0.0721. The molecule has 0 aromatic heterocycles. The average molecular weight is 225 g/mol. The highest BCUT2D eigenvalue weighted by atomic mass is 16.6. The lowest BCUT2D eigenvalue weighted by Gasteiger charge is -2.45. The van der Waals surface area contributed by atoms with Gasteiger partial charge in [-0.2, -0.15) is 0 Å². The van der Waals surface area contributed by atoms with Crippen molar-refractivity contribution >= 4 is 6.09 Å². The van der Waals surface area contributed by atoms with Crippen molar-refractivity contribution in [1.82, 2.24) is 4.90 Å². The normalized spacial score (nSPS) is 35.7. The first kappa shape index (κ1) is 10.4. The molecule has 2 heterocycles. The minimum Gasteiger partial charge on any atom is -0.443 e. The van der Waals surface area contributed by atoms with E-state index >= 15 is 0 Å². The van der Waals surface area contributed by atoms with Crippen molar-refractivity contribution in [2.45, 2.75) is 56.7 Å². The Balaban J connectivity index is 1.69. The number of carbonyl (C=O) groups excluding carboxylic acids is 1. The Morgan fingerprint density at radius 3 is 2.50 bits per heavy atom. The molecule has 1 saturated carbocycles. The van der Waals surface area contributed by atoms with E-state index in [0.29, 0.717) is 13.2 Å². The number of fused-ring (bicyclic) bond motifs is 2. The van der Waals surface area contributed by atoms with E-state index in [1.54, 1.807) is 0 Å². The number of ether oxygens (including phenoxy) is 2. The van der Waals surface area contributed by atoms with Gasteiger partial charge in [-0.3, -0.25) is 4.90 Å². The smallest absolute Gasteiger partial charge is 0.410 e. The Morgan fingerprint density at radius 1 is 1.31 bits per heavy atom. The van der Waals surface area contributed by atoms with Crippen molar-refractivity contribution in [3.63, 3.8) is 0 Å². The molecule has 0 N–H and O–H groups in total. The van der Waals surface area contributed by atoms with Gasteiger partial charge in [0.05, 0.1) is 25.3 Å². The fourth-order valence-electron chi connectivity index (χ4n) is 2.67. The summed E-state index contributed by atoms with van der Waals surface area (Å²) >= 11 is 0. The van der Waals surface area contributed by atoms with Crippen LogP contribution in [-0.2, 0) is 9.47 Å². The van der Waals surface area contributed by atoms with Crippen molar-refractivity contribution in [3.05, 3.63) is 0 Å². The number of piperidine rings is 1. The van der Waals surface area contributed by atoms with Crippen molar-refractivity contribution in [2.75, 3.05) is 13.2 Å². The highest BCUT2D eigenvalue weighted by molar-refractivity contribution is 5.69. The molecule has 2 bridgehead atoms. The largest absolute Gasteiger partial charge is 0.443 e. The van der Waals surface area contributed by atoms with E-state index in [4.69, 9.17) is 9.47 Å². The number of hydrogen-bond donors (Lipinski definition) is 0. The number of amides is 1. The molecule has 1 amide bonds. The standard InChI is InChI=1S/C12H19NO3/c1-12(5-6-12)16-11(14)13-9-3-2-4-10(13)8-15-7-9/h9-10H,2-8H2,1H3. The third-order valence-electron chi connectivity index (χ3n) is 3.98. The maximum Gasteiger partial charge on any atom is 0.410 e. The molecule has 2 saturated heterocycles. The number of hydrogen-bond acceptors (Lipinski definition) is 3. The summed E-state index contributed by atoms with van der Waals surface area (Å²) in [4.78, 5) is 14.1. The van der Waals surface area contributed by atoms with Crippen LogP contribution in [0.5, 0.6) is 0 Å². The van der Waals surface area contributed by atoms with Crippen LogP contribution in [0.15, 0.2) is 0 Å². The Labute approximate surface area is 95.9 Å². The molecule has 90 valence electrons. The van der Waals surface area contributed by atoms with Crippen LogP contribution < -0.4 is 0 Å². The van der Waals surface area contributed by atoms with Gasteiger partial charge in [-0.25, -0.2) is 4.79 Å². The minimum atomic E-state index is -0.163. The maximum atomic E-state index is 12.1. The average Bonchev–Trinajstić information content (AvgIpc) is 2.94. The predicted molar refractivity (Wildman–Crippen MR) is 58.2 cm³/mol. The predicted octanol–water partition coefficient (Wildman–Crippen LogP) is 1.93. The first-order valence-corrected chi connectivity index (χ1v) is 6.27. The molecule has 3 fully saturated rings. The fraction of sp³-hybridized carbons (Fsp3) is 0.917. The van der Waals surface area contributed by atoms with Gasteiger partial charge in [-0.05, 0) is 39.0 Å². The number of morpholine rings is 1. The van der Waals surface area contributed by atoms with Crippen LogP contribution in [-0.4, -0.2) is 41.9 Å². The van der Waals surface area contributed by atoms with E-state index in [2.05, 4.69) is 0 Å². The lowest BCUT2D eigenvalue weighted by Crippen LogP contribution is -2.57. The Kier molecular flexibility index (Phi) is 2.35. The number of carbonyl (C=O) groups is 1. The molecule has 2 atom stereocenters. The highest BCUT2D eigenvalue weighted by Gasteiger charge is 2.46. The van der Waals surface area contributed by atoms with Gasteiger partial charge in [0.1, 0.15) is 5.60 Å². The molecule has 0 radical (unpaired) electrons. The summed E-state index contributed by atoms with van der Waals surface area (Å²) in [6.07, 6.45) is 5.24. The Hall–Kier alpha value is -0.770. The molecular formula is C12H19NO3. The molecular weight excluding hydrogens is 206 g/mol. The van der Waals surface area contributed by atoms with Gasteiger partial charge >= 0.3 is 6.09 Å². The van der Waals surface area contributed by atoms with Gasteiger partial charge in [0.25, 0.3) is 0 Å². The van der Waals surface area contributed by atoms with Crippen molar-refractivity contribution in [1.29, 1.82) is 0 Å². The van der Waals surface area contributed by atoms with Gasteiger partial charge in [0.15, 0.2) is 0 Å². The zero-order valence-corrected chi connectivity index (χ0v) is 9.78. The Bertz CT molecular complexity index is 279. The summed E-state index contributed by atoms with van der Waals surface area (Å²) < 4.78 is 11.1. The third-order valence-corrected chi connectivity index (χ3v) is 3.98. The van der Waals surface area contributed by atoms with Crippen LogP contribution in [0.25, 0.3) is 0 Å². The molecule has 0 aromatic rings. The molecule has 1 aliphatic carbocycles. The van der Waals surface area contributed by atoms with Crippen LogP contribution in [0.1, 0.15) is 39.0 Å². The van der Waals surface area contributed by atoms with Gasteiger partial charge in [0.2, 0.25) is 0 Å². The summed E-state index contributed by atoms with van der Waals surface area (Å²) in [5.41, 5.74) is -0.163. The van der Waals surface area contributed by atoms with E-state index in [0.717, 1.165) is 25.7 Å². The molecule has 4 heteroatoms. The summed E-state index contributed by atoms with van der Waals surface area (Å²) in [5, 5.41) is 0. The maximum absolute atomic E-state index is 12.1. The summed E-state index contributed by atoms with van der Waals surface area (Å²) in [6, 6.07) is 0.504. The quantitative estimate of drug-likeness (QED) is 0.684. The molecule has 0 spiro atoms. The van der Waals surface area contributed by atoms with Crippen molar-refractivity contribution in [3.8, 4) is 0 Å². The van der Waals surface area contributed by atoms with Crippen LogP contribution in [0.2, 0.25) is 0 Å². The summed E-state index contributed by atoms with van der Waals surface area (Å²) in [7, 11) is 0. The second-order valence-corrected chi connectivity index (χ2v) is 5.50. The fourth-order valence-corrected chi connectivity index (χ4v) is 2.67. The van der Waals surface area contributed by atoms with Crippen molar-refractivity contribution < 1.29 is 14.3 Å². The zero-order valence-electron chi connectivity index (χ0n) is 9.78. The second kappa shape index (κ2) is 3.62. The summed E-state index contributed by atoms with van der Waals surface area (Å²) in [6.45, 7) is 3.38. The molecule has 3 aliphatic rings. The van der Waals surface area contributed by atoms with Gasteiger partial charge in [-0.1, -0.05) is 0 Å². The van der Waals surface area contributed by atoms with E-state index in [-0.39, 0.29) is 23.8 Å². The summed E-state index contributed by atoms with van der Waals surface area (Å²) in [5.74, 6) is 0. The molecule has 3 rings (SSSR count). The molecule has 2 unspecified atom stereocenters. The lowest BCUT2D eigenvalue weighted by atomic mass is 9.95. The van der Waals surface area contributed by atoms with Gasteiger partial charge < -0.3 is 9.47 Å². The van der Waals surface area contributed by atoms with Crippen LogP contribution in [0.4, 0.5) is 4.79 Å². The van der Waals surface area contributed by atoms with E-state index in [9.17, 15) is 4.79 Å². The van der Waals surface area contributed by atoms with E-state index in [1.807, 2.05) is 11.8 Å². The van der Waals surface area contributed by atoms with E-state index in [1.165, 1.54) is 6.42 Å². The van der Waals surface area contributed by atoms with Gasteiger partial charge in [-0.15, -0.1) is 0 Å². The highest BCUT2D eigenvalue weighted by Crippen LogP contribution is 2.40. The molecule has 16 heavy (non-hydrogen) atoms. The van der Waals surface area contributed by atoms with Crippen LogP contribution >= 0.6 is 0 Å². The topological polar surface area (TPSA) is 38.8 Å². The van der Waals surface area contributed by atoms with E-state index < -0.39 is 0 Å². The molecule has 4 nitrogen and oxygen atoms in total.